The highest BCUT2D eigenvalue weighted by molar-refractivity contribution is 7.98. The van der Waals surface area contributed by atoms with Crippen molar-refractivity contribution < 1.29 is 9.84 Å². The third kappa shape index (κ3) is 6.03. The molecule has 1 aromatic rings. The third-order valence-electron chi connectivity index (χ3n) is 3.25. The molecule has 2 unspecified atom stereocenters. The van der Waals surface area contributed by atoms with Crippen LogP contribution in [0.25, 0.3) is 0 Å². The van der Waals surface area contributed by atoms with Gasteiger partial charge < -0.3 is 15.6 Å². The first kappa shape index (κ1) is 17.1. The first-order chi connectivity index (χ1) is 9.56. The number of likely N-dealkylation sites (N-methyl/N-ethyl adjacent to an activating group) is 1. The van der Waals surface area contributed by atoms with Crippen LogP contribution in [0.4, 0.5) is 5.69 Å². The molecule has 0 aromatic heterocycles. The smallest absolute Gasteiger partial charge is 0.121 e. The SMILES string of the molecule is CCC(CSC)N(C)CC(O)COc1cccc(N)c1. The highest BCUT2D eigenvalue weighted by Gasteiger charge is 2.16. The largest absolute Gasteiger partial charge is 0.491 e. The van der Waals surface area contributed by atoms with Crippen molar-refractivity contribution in [3.8, 4) is 5.75 Å². The van der Waals surface area contributed by atoms with Crippen LogP contribution in [-0.4, -0.2) is 54.4 Å². The van der Waals surface area contributed by atoms with Crippen LogP contribution in [0.15, 0.2) is 24.3 Å². The quantitative estimate of drug-likeness (QED) is 0.684. The molecule has 0 aliphatic rings. The van der Waals surface area contributed by atoms with Gasteiger partial charge in [0.15, 0.2) is 0 Å². The van der Waals surface area contributed by atoms with E-state index in [0.717, 1.165) is 12.2 Å². The van der Waals surface area contributed by atoms with E-state index in [2.05, 4.69) is 18.1 Å². The van der Waals surface area contributed by atoms with Crippen molar-refractivity contribution in [2.75, 3.05) is 37.9 Å². The van der Waals surface area contributed by atoms with Gasteiger partial charge in [0.2, 0.25) is 0 Å². The Hall–Kier alpha value is -0.910. The molecule has 2 atom stereocenters. The van der Waals surface area contributed by atoms with Crippen molar-refractivity contribution in [3.63, 3.8) is 0 Å². The maximum Gasteiger partial charge on any atom is 0.121 e. The van der Waals surface area contributed by atoms with E-state index < -0.39 is 6.10 Å². The van der Waals surface area contributed by atoms with Gasteiger partial charge in [0, 0.05) is 30.1 Å². The highest BCUT2D eigenvalue weighted by atomic mass is 32.2. The summed E-state index contributed by atoms with van der Waals surface area (Å²) in [6, 6.07) is 7.75. The average Bonchev–Trinajstić information content (AvgIpc) is 2.42. The van der Waals surface area contributed by atoms with Gasteiger partial charge in [-0.05, 0) is 31.9 Å². The van der Waals surface area contributed by atoms with Crippen LogP contribution in [0.2, 0.25) is 0 Å². The van der Waals surface area contributed by atoms with Crippen LogP contribution >= 0.6 is 11.8 Å². The Balaban J connectivity index is 2.37. The topological polar surface area (TPSA) is 58.7 Å². The Morgan fingerprint density at radius 2 is 2.20 bits per heavy atom. The lowest BCUT2D eigenvalue weighted by atomic mass is 10.2. The van der Waals surface area contributed by atoms with Crippen molar-refractivity contribution in [1.29, 1.82) is 0 Å². The fraction of sp³-hybridized carbons (Fsp3) is 0.600. The van der Waals surface area contributed by atoms with Gasteiger partial charge in [-0.15, -0.1) is 0 Å². The number of rotatable bonds is 9. The number of aliphatic hydroxyl groups is 1. The summed E-state index contributed by atoms with van der Waals surface area (Å²) < 4.78 is 5.56. The van der Waals surface area contributed by atoms with Gasteiger partial charge in [0.05, 0.1) is 0 Å². The fourth-order valence-corrected chi connectivity index (χ4v) is 2.96. The second kappa shape index (κ2) is 9.10. The Morgan fingerprint density at radius 1 is 1.45 bits per heavy atom. The molecular weight excluding hydrogens is 272 g/mol. The van der Waals surface area contributed by atoms with E-state index in [9.17, 15) is 5.11 Å². The van der Waals surface area contributed by atoms with Crippen LogP contribution < -0.4 is 10.5 Å². The molecule has 0 fully saturated rings. The number of thioether (sulfide) groups is 1. The number of benzene rings is 1. The van der Waals surface area contributed by atoms with Gasteiger partial charge in [-0.3, -0.25) is 4.90 Å². The van der Waals surface area contributed by atoms with E-state index in [4.69, 9.17) is 10.5 Å². The van der Waals surface area contributed by atoms with Crippen LogP contribution in [0.1, 0.15) is 13.3 Å². The standard InChI is InChI=1S/C15H26N2O2S/c1-4-13(11-20-3)17(2)9-14(18)10-19-15-7-5-6-12(16)8-15/h5-8,13-14,18H,4,9-11,16H2,1-3H3. The van der Waals surface area contributed by atoms with Gasteiger partial charge in [0.25, 0.3) is 0 Å². The first-order valence-electron chi connectivity index (χ1n) is 6.92. The Kier molecular flexibility index (Phi) is 7.80. The average molecular weight is 298 g/mol. The van der Waals surface area contributed by atoms with Crippen molar-refractivity contribution in [1.82, 2.24) is 4.90 Å². The zero-order valence-corrected chi connectivity index (χ0v) is 13.4. The normalized spacial score (nSPS) is 14.2. The predicted molar refractivity (Wildman–Crippen MR) is 87.4 cm³/mol. The summed E-state index contributed by atoms with van der Waals surface area (Å²) in [4.78, 5) is 2.20. The minimum absolute atomic E-state index is 0.281. The number of anilines is 1. The molecule has 0 saturated carbocycles. The zero-order chi connectivity index (χ0) is 15.0. The molecular formula is C15H26N2O2S. The molecule has 0 amide bonds. The van der Waals surface area contributed by atoms with Crippen molar-refractivity contribution in [2.24, 2.45) is 0 Å². The van der Waals surface area contributed by atoms with Gasteiger partial charge in [0.1, 0.15) is 18.5 Å². The number of hydrogen-bond acceptors (Lipinski definition) is 5. The molecule has 114 valence electrons. The molecule has 0 spiro atoms. The van der Waals surface area contributed by atoms with Crippen LogP contribution in [0.5, 0.6) is 5.75 Å². The molecule has 1 rings (SSSR count). The minimum atomic E-state index is -0.502. The molecule has 3 N–H and O–H groups in total. The van der Waals surface area contributed by atoms with E-state index in [1.165, 1.54) is 0 Å². The molecule has 0 saturated heterocycles. The van der Waals surface area contributed by atoms with Gasteiger partial charge in [-0.1, -0.05) is 13.0 Å². The summed E-state index contributed by atoms with van der Waals surface area (Å²) in [6.07, 6.45) is 2.69. The maximum absolute atomic E-state index is 10.1. The summed E-state index contributed by atoms with van der Waals surface area (Å²) >= 11 is 1.83. The van der Waals surface area contributed by atoms with Crippen LogP contribution in [0, 0.1) is 0 Å². The Labute approximate surface area is 126 Å². The lowest BCUT2D eigenvalue weighted by Crippen LogP contribution is -2.40. The second-order valence-electron chi connectivity index (χ2n) is 4.99. The summed E-state index contributed by atoms with van der Waals surface area (Å²) in [5.74, 6) is 1.78. The molecule has 1 aromatic carbocycles. The number of nitrogen functional groups attached to an aromatic ring is 1. The van der Waals surface area contributed by atoms with E-state index in [1.54, 1.807) is 6.07 Å². The molecule has 5 heteroatoms. The zero-order valence-electron chi connectivity index (χ0n) is 12.6. The Bertz CT molecular complexity index is 390. The number of nitrogens with zero attached hydrogens (tertiary/aromatic N) is 1. The summed E-state index contributed by atoms with van der Waals surface area (Å²) in [6.45, 7) is 3.07. The van der Waals surface area contributed by atoms with Crippen molar-refractivity contribution in [2.45, 2.75) is 25.5 Å². The molecule has 4 nitrogen and oxygen atoms in total. The summed E-state index contributed by atoms with van der Waals surface area (Å²) in [7, 11) is 2.05. The van der Waals surface area contributed by atoms with Crippen LogP contribution in [0.3, 0.4) is 0 Å². The number of nitrogens with two attached hydrogens (primary N) is 1. The van der Waals surface area contributed by atoms with E-state index >= 15 is 0 Å². The number of aliphatic hydroxyl groups excluding tert-OH is 1. The number of ether oxygens (including phenoxy) is 1. The van der Waals surface area contributed by atoms with Crippen molar-refractivity contribution >= 4 is 17.4 Å². The first-order valence-corrected chi connectivity index (χ1v) is 8.31. The Morgan fingerprint density at radius 3 is 2.80 bits per heavy atom. The van der Waals surface area contributed by atoms with Crippen LogP contribution in [-0.2, 0) is 0 Å². The molecule has 0 radical (unpaired) electrons. The lowest BCUT2D eigenvalue weighted by Gasteiger charge is -2.28. The van der Waals surface area contributed by atoms with E-state index in [1.807, 2.05) is 37.0 Å². The van der Waals surface area contributed by atoms with E-state index in [0.29, 0.717) is 24.0 Å². The summed E-state index contributed by atoms with van der Waals surface area (Å²) in [5, 5.41) is 10.1. The number of hydrogen-bond donors (Lipinski definition) is 2. The van der Waals surface area contributed by atoms with Gasteiger partial charge in [-0.2, -0.15) is 11.8 Å². The highest BCUT2D eigenvalue weighted by Crippen LogP contribution is 2.15. The summed E-state index contributed by atoms with van der Waals surface area (Å²) in [5.41, 5.74) is 6.35. The fourth-order valence-electron chi connectivity index (χ4n) is 2.08. The van der Waals surface area contributed by atoms with E-state index in [-0.39, 0.29) is 6.61 Å². The molecule has 20 heavy (non-hydrogen) atoms. The monoisotopic (exact) mass is 298 g/mol. The van der Waals surface area contributed by atoms with Gasteiger partial charge >= 0.3 is 0 Å². The molecule has 0 aliphatic heterocycles. The molecule has 0 heterocycles. The maximum atomic E-state index is 10.1. The van der Waals surface area contributed by atoms with Gasteiger partial charge in [-0.25, -0.2) is 0 Å². The predicted octanol–water partition coefficient (Wildman–Crippen LogP) is 2.08. The molecule has 0 aliphatic carbocycles. The molecule has 0 bridgehead atoms. The second-order valence-corrected chi connectivity index (χ2v) is 5.90. The lowest BCUT2D eigenvalue weighted by molar-refractivity contribution is 0.0656. The minimum Gasteiger partial charge on any atom is -0.491 e. The third-order valence-corrected chi connectivity index (χ3v) is 3.97. The van der Waals surface area contributed by atoms with Crippen molar-refractivity contribution in [3.05, 3.63) is 24.3 Å².